The van der Waals surface area contributed by atoms with Crippen LogP contribution in [0.3, 0.4) is 0 Å². The average molecular weight is 356 g/mol. The van der Waals surface area contributed by atoms with E-state index in [4.69, 9.17) is 4.74 Å². The molecule has 1 spiro atoms. The third-order valence-electron chi connectivity index (χ3n) is 5.97. The van der Waals surface area contributed by atoms with Crippen LogP contribution in [0.5, 0.6) is 0 Å². The van der Waals surface area contributed by atoms with Crippen LogP contribution in [0, 0.1) is 0 Å². The quantitative estimate of drug-likeness (QED) is 0.676. The highest BCUT2D eigenvalue weighted by Gasteiger charge is 2.42. The van der Waals surface area contributed by atoms with Gasteiger partial charge in [0.05, 0.1) is 17.9 Å². The minimum absolute atomic E-state index is 0.0527. The molecule has 2 aliphatic heterocycles. The minimum atomic E-state index is -0.0527. The van der Waals surface area contributed by atoms with Gasteiger partial charge in [-0.25, -0.2) is 0 Å². The van der Waals surface area contributed by atoms with Crippen molar-refractivity contribution < 1.29 is 4.74 Å². The molecule has 3 aromatic rings. The molecule has 2 aliphatic rings. The number of pyridine rings is 1. The lowest BCUT2D eigenvalue weighted by atomic mass is 9.83. The van der Waals surface area contributed by atoms with E-state index in [9.17, 15) is 0 Å². The highest BCUT2D eigenvalue weighted by atomic mass is 16.5. The fourth-order valence-electron chi connectivity index (χ4n) is 4.49. The third kappa shape index (κ3) is 3.18. The molecule has 1 aromatic heterocycles. The molecule has 2 aromatic carbocycles. The van der Waals surface area contributed by atoms with Gasteiger partial charge in [-0.15, -0.1) is 0 Å². The maximum atomic E-state index is 6.29. The molecule has 3 heterocycles. The maximum absolute atomic E-state index is 6.29. The van der Waals surface area contributed by atoms with Gasteiger partial charge in [-0.1, -0.05) is 48.5 Å². The first kappa shape index (κ1) is 16.7. The van der Waals surface area contributed by atoms with E-state index >= 15 is 0 Å². The molecular weight excluding hydrogens is 332 g/mol. The van der Waals surface area contributed by atoms with Gasteiger partial charge in [0.2, 0.25) is 0 Å². The van der Waals surface area contributed by atoms with Gasteiger partial charge in [0.25, 0.3) is 0 Å². The number of likely N-dealkylation sites (tertiary alicyclic amines) is 1. The predicted molar refractivity (Wildman–Crippen MR) is 107 cm³/mol. The molecule has 1 fully saturated rings. The van der Waals surface area contributed by atoms with Crippen LogP contribution in [-0.4, -0.2) is 23.0 Å². The van der Waals surface area contributed by atoms with Crippen LogP contribution in [0.1, 0.15) is 29.5 Å². The topological polar surface area (TPSA) is 25.4 Å². The van der Waals surface area contributed by atoms with Crippen LogP contribution in [0.15, 0.2) is 72.9 Å². The molecule has 1 saturated heterocycles. The Balaban J connectivity index is 1.28. The van der Waals surface area contributed by atoms with Crippen molar-refractivity contribution in [2.75, 3.05) is 13.1 Å². The number of hydrogen-bond donors (Lipinski definition) is 0. The van der Waals surface area contributed by atoms with Crippen molar-refractivity contribution in [2.24, 2.45) is 0 Å². The molecule has 136 valence electrons. The summed E-state index contributed by atoms with van der Waals surface area (Å²) < 4.78 is 6.29. The zero-order chi connectivity index (χ0) is 18.1. The summed E-state index contributed by atoms with van der Waals surface area (Å²) in [5.74, 6) is 0. The summed E-state index contributed by atoms with van der Waals surface area (Å²) >= 11 is 0. The molecule has 0 bridgehead atoms. The molecule has 0 N–H and O–H groups in total. The Morgan fingerprint density at radius 1 is 0.926 bits per heavy atom. The summed E-state index contributed by atoms with van der Waals surface area (Å²) in [4.78, 5) is 7.02. The Labute approximate surface area is 160 Å². The Hall–Kier alpha value is -2.49. The van der Waals surface area contributed by atoms with E-state index < -0.39 is 0 Å². The first-order chi connectivity index (χ1) is 13.3. The number of piperidine rings is 1. The standard InChI is InChI=1S/C24H24N2O/c1-2-9-22-21(7-1)18-27-24(22)11-14-26(15-12-24)17-19-6-5-8-20(16-19)23-10-3-4-13-25-23/h1-10,13,16H,11-12,14-15,17-18H2. The van der Waals surface area contributed by atoms with E-state index in [1.165, 1.54) is 22.3 Å². The number of rotatable bonds is 3. The van der Waals surface area contributed by atoms with Gasteiger partial charge in [0.15, 0.2) is 0 Å². The third-order valence-corrected chi connectivity index (χ3v) is 5.97. The van der Waals surface area contributed by atoms with E-state index in [1.54, 1.807) is 0 Å². The molecule has 0 aliphatic carbocycles. The summed E-state index contributed by atoms with van der Waals surface area (Å²) in [5.41, 5.74) is 6.31. The number of benzene rings is 2. The lowest BCUT2D eigenvalue weighted by Gasteiger charge is -2.39. The van der Waals surface area contributed by atoms with Crippen LogP contribution in [0.4, 0.5) is 0 Å². The van der Waals surface area contributed by atoms with Crippen LogP contribution in [-0.2, 0) is 23.5 Å². The smallest absolute Gasteiger partial charge is 0.0963 e. The number of nitrogens with zero attached hydrogens (tertiary/aromatic N) is 2. The van der Waals surface area contributed by atoms with Crippen molar-refractivity contribution in [3.05, 3.63) is 89.6 Å². The zero-order valence-electron chi connectivity index (χ0n) is 15.5. The molecule has 0 saturated carbocycles. The number of hydrogen-bond acceptors (Lipinski definition) is 3. The minimum Gasteiger partial charge on any atom is -0.365 e. The second kappa shape index (κ2) is 6.91. The van der Waals surface area contributed by atoms with Crippen molar-refractivity contribution in [1.29, 1.82) is 0 Å². The lowest BCUT2D eigenvalue weighted by Crippen LogP contribution is -2.42. The van der Waals surface area contributed by atoms with Gasteiger partial charge >= 0.3 is 0 Å². The van der Waals surface area contributed by atoms with Crippen LogP contribution in [0.25, 0.3) is 11.3 Å². The molecule has 0 atom stereocenters. The average Bonchev–Trinajstić information content (AvgIpc) is 3.09. The number of aromatic nitrogens is 1. The SMILES string of the molecule is c1ccc(-c2cccc(CN3CCC4(CC3)OCc3ccccc34)c2)nc1. The number of ether oxygens (including phenoxy) is 1. The largest absolute Gasteiger partial charge is 0.365 e. The van der Waals surface area contributed by atoms with E-state index in [2.05, 4.69) is 64.5 Å². The second-order valence-corrected chi connectivity index (χ2v) is 7.63. The molecule has 3 heteroatoms. The molecular formula is C24H24N2O. The van der Waals surface area contributed by atoms with Gasteiger partial charge in [-0.3, -0.25) is 9.88 Å². The molecule has 3 nitrogen and oxygen atoms in total. The summed E-state index contributed by atoms with van der Waals surface area (Å²) in [7, 11) is 0. The Morgan fingerprint density at radius 2 is 1.78 bits per heavy atom. The normalized spacial score (nSPS) is 18.5. The van der Waals surface area contributed by atoms with Crippen molar-refractivity contribution in [3.63, 3.8) is 0 Å². The highest BCUT2D eigenvalue weighted by molar-refractivity contribution is 5.59. The van der Waals surface area contributed by atoms with Crippen molar-refractivity contribution >= 4 is 0 Å². The Bertz CT molecular complexity index is 930. The summed E-state index contributed by atoms with van der Waals surface area (Å²) in [6.07, 6.45) is 4.00. The monoisotopic (exact) mass is 356 g/mol. The van der Waals surface area contributed by atoms with Crippen LogP contribution >= 0.6 is 0 Å². The first-order valence-electron chi connectivity index (χ1n) is 9.77. The van der Waals surface area contributed by atoms with Crippen molar-refractivity contribution in [2.45, 2.75) is 31.6 Å². The first-order valence-corrected chi connectivity index (χ1v) is 9.77. The highest BCUT2D eigenvalue weighted by Crippen LogP contribution is 2.44. The van der Waals surface area contributed by atoms with Crippen LogP contribution < -0.4 is 0 Å². The van der Waals surface area contributed by atoms with Gasteiger partial charge in [-0.05, 0) is 47.7 Å². The van der Waals surface area contributed by atoms with E-state index in [0.29, 0.717) is 0 Å². The fourth-order valence-corrected chi connectivity index (χ4v) is 4.49. The Kier molecular flexibility index (Phi) is 4.27. The number of fused-ring (bicyclic) bond motifs is 2. The molecule has 0 radical (unpaired) electrons. The van der Waals surface area contributed by atoms with Gasteiger partial charge in [0.1, 0.15) is 0 Å². The van der Waals surface area contributed by atoms with Gasteiger partial charge in [0, 0.05) is 31.4 Å². The van der Waals surface area contributed by atoms with Gasteiger partial charge in [-0.2, -0.15) is 0 Å². The summed E-state index contributed by atoms with van der Waals surface area (Å²) in [6.45, 7) is 3.89. The molecule has 27 heavy (non-hydrogen) atoms. The Morgan fingerprint density at radius 3 is 2.63 bits per heavy atom. The molecule has 0 amide bonds. The van der Waals surface area contributed by atoms with E-state index in [0.717, 1.165) is 44.8 Å². The maximum Gasteiger partial charge on any atom is 0.0963 e. The summed E-state index contributed by atoms with van der Waals surface area (Å²) in [6, 6.07) is 23.6. The van der Waals surface area contributed by atoms with E-state index in [-0.39, 0.29) is 5.60 Å². The van der Waals surface area contributed by atoms with E-state index in [1.807, 2.05) is 18.3 Å². The fraction of sp³-hybridized carbons (Fsp3) is 0.292. The molecule has 0 unspecified atom stereocenters. The van der Waals surface area contributed by atoms with Crippen molar-refractivity contribution in [1.82, 2.24) is 9.88 Å². The van der Waals surface area contributed by atoms with Crippen LogP contribution in [0.2, 0.25) is 0 Å². The van der Waals surface area contributed by atoms with Crippen molar-refractivity contribution in [3.8, 4) is 11.3 Å². The second-order valence-electron chi connectivity index (χ2n) is 7.63. The lowest BCUT2D eigenvalue weighted by molar-refractivity contribution is -0.0799. The summed E-state index contributed by atoms with van der Waals surface area (Å²) in [5, 5.41) is 0. The molecule has 5 rings (SSSR count). The van der Waals surface area contributed by atoms with Gasteiger partial charge < -0.3 is 4.74 Å². The zero-order valence-corrected chi connectivity index (χ0v) is 15.5. The predicted octanol–water partition coefficient (Wildman–Crippen LogP) is 4.77.